The van der Waals surface area contributed by atoms with Crippen molar-refractivity contribution in [1.29, 1.82) is 0 Å². The minimum Gasteiger partial charge on any atom is -0.355 e. The first-order valence-electron chi connectivity index (χ1n) is 7.36. The quantitative estimate of drug-likeness (QED) is 0.740. The summed E-state index contributed by atoms with van der Waals surface area (Å²) in [4.78, 5) is 0. The highest BCUT2D eigenvalue weighted by molar-refractivity contribution is 7.80. The molecule has 0 aliphatic carbocycles. The maximum atomic E-state index is 6.16. The molecule has 1 atom stereocenters. The van der Waals surface area contributed by atoms with Crippen LogP contribution in [0.25, 0.3) is 0 Å². The van der Waals surface area contributed by atoms with Gasteiger partial charge in [-0.05, 0) is 48.3 Å². The van der Waals surface area contributed by atoms with E-state index in [1.54, 1.807) is 0 Å². The number of thiocarbonyl (C=S) groups is 1. The first-order valence-corrected chi connectivity index (χ1v) is 8.15. The Bertz CT molecular complexity index is 655. The van der Waals surface area contributed by atoms with Crippen LogP contribution in [-0.4, -0.2) is 5.11 Å². The Morgan fingerprint density at radius 3 is 2.32 bits per heavy atom. The lowest BCUT2D eigenvalue weighted by atomic mass is 9.93. The zero-order valence-corrected chi connectivity index (χ0v) is 14.6. The van der Waals surface area contributed by atoms with Crippen LogP contribution in [0.1, 0.15) is 31.0 Å². The van der Waals surface area contributed by atoms with Crippen LogP contribution in [0.5, 0.6) is 0 Å². The third-order valence-electron chi connectivity index (χ3n) is 3.60. The highest BCUT2D eigenvalue weighted by atomic mass is 35.5. The second-order valence-corrected chi connectivity index (χ2v) is 6.47. The van der Waals surface area contributed by atoms with Crippen LogP contribution in [0.2, 0.25) is 5.02 Å². The molecule has 0 bridgehead atoms. The maximum absolute atomic E-state index is 6.16. The van der Waals surface area contributed by atoms with Crippen molar-refractivity contribution in [3.05, 3.63) is 64.7 Å². The lowest BCUT2D eigenvalue weighted by molar-refractivity contribution is 0.471. The SMILES string of the molecule is Cc1ccccc1[C@@H](NC(=S)Nc1ccccc1Cl)C(C)C. The molecule has 2 aromatic rings. The van der Waals surface area contributed by atoms with Crippen molar-refractivity contribution in [3.8, 4) is 0 Å². The zero-order chi connectivity index (χ0) is 16.1. The standard InChI is InChI=1S/C18H21ClN2S/c1-12(2)17(14-9-5-4-8-13(14)3)21-18(22)20-16-11-7-6-10-15(16)19/h4-12,17H,1-3H3,(H2,20,21,22)/t17-/m0/s1. The summed E-state index contributed by atoms with van der Waals surface area (Å²) in [5.74, 6) is 0.409. The van der Waals surface area contributed by atoms with Gasteiger partial charge in [0.1, 0.15) is 0 Å². The molecule has 0 aromatic heterocycles. The number of anilines is 1. The van der Waals surface area contributed by atoms with E-state index in [0.29, 0.717) is 16.1 Å². The molecule has 116 valence electrons. The summed E-state index contributed by atoms with van der Waals surface area (Å²) in [5.41, 5.74) is 3.34. The lowest BCUT2D eigenvalue weighted by Gasteiger charge is -2.26. The molecule has 0 radical (unpaired) electrons. The van der Waals surface area contributed by atoms with E-state index in [4.69, 9.17) is 23.8 Å². The first-order chi connectivity index (χ1) is 10.5. The topological polar surface area (TPSA) is 24.1 Å². The fourth-order valence-corrected chi connectivity index (χ4v) is 2.82. The molecule has 4 heteroatoms. The van der Waals surface area contributed by atoms with Gasteiger partial charge < -0.3 is 10.6 Å². The number of nitrogens with one attached hydrogen (secondary N) is 2. The van der Waals surface area contributed by atoms with E-state index in [1.807, 2.05) is 24.3 Å². The summed E-state index contributed by atoms with van der Waals surface area (Å²) in [5, 5.41) is 7.82. The maximum Gasteiger partial charge on any atom is 0.171 e. The first kappa shape index (κ1) is 16.8. The summed E-state index contributed by atoms with van der Waals surface area (Å²) < 4.78 is 0. The molecule has 2 aromatic carbocycles. The second-order valence-electron chi connectivity index (χ2n) is 5.66. The summed E-state index contributed by atoms with van der Waals surface area (Å²) >= 11 is 11.6. The number of benzene rings is 2. The van der Waals surface area contributed by atoms with Gasteiger partial charge in [-0.3, -0.25) is 0 Å². The molecule has 0 amide bonds. The van der Waals surface area contributed by atoms with Gasteiger partial charge in [-0.1, -0.05) is 61.8 Å². The fourth-order valence-electron chi connectivity index (χ4n) is 2.40. The molecule has 2 rings (SSSR count). The van der Waals surface area contributed by atoms with E-state index in [0.717, 1.165) is 5.69 Å². The van der Waals surface area contributed by atoms with Gasteiger partial charge >= 0.3 is 0 Å². The van der Waals surface area contributed by atoms with Crippen LogP contribution in [0.15, 0.2) is 48.5 Å². The van der Waals surface area contributed by atoms with Gasteiger partial charge in [0.2, 0.25) is 0 Å². The number of aryl methyl sites for hydroxylation is 1. The van der Waals surface area contributed by atoms with Gasteiger partial charge in [-0.15, -0.1) is 0 Å². The van der Waals surface area contributed by atoms with Crippen LogP contribution in [0.3, 0.4) is 0 Å². The molecular weight excluding hydrogens is 312 g/mol. The van der Waals surface area contributed by atoms with E-state index in [2.05, 4.69) is 55.7 Å². The Labute approximate surface area is 142 Å². The lowest BCUT2D eigenvalue weighted by Crippen LogP contribution is -2.35. The molecular formula is C18H21ClN2S. The molecule has 2 N–H and O–H groups in total. The number of halogens is 1. The van der Waals surface area contributed by atoms with Crippen molar-refractivity contribution < 1.29 is 0 Å². The Morgan fingerprint density at radius 1 is 1.05 bits per heavy atom. The highest BCUT2D eigenvalue weighted by Crippen LogP contribution is 2.25. The zero-order valence-electron chi connectivity index (χ0n) is 13.1. The van der Waals surface area contributed by atoms with Crippen molar-refractivity contribution in [2.24, 2.45) is 5.92 Å². The predicted octanol–water partition coefficient (Wildman–Crippen LogP) is 5.33. The molecule has 0 saturated heterocycles. The Kier molecular flexibility index (Phi) is 5.81. The van der Waals surface area contributed by atoms with Crippen molar-refractivity contribution in [3.63, 3.8) is 0 Å². The normalized spacial score (nSPS) is 12.0. The summed E-state index contributed by atoms with van der Waals surface area (Å²) in [6, 6.07) is 16.1. The molecule has 0 aliphatic rings. The second kappa shape index (κ2) is 7.61. The Hall–Kier alpha value is -1.58. The van der Waals surface area contributed by atoms with Crippen molar-refractivity contribution in [1.82, 2.24) is 5.32 Å². The minimum atomic E-state index is 0.156. The summed E-state index contributed by atoms with van der Waals surface area (Å²) in [6.07, 6.45) is 0. The number of hydrogen-bond acceptors (Lipinski definition) is 1. The average Bonchev–Trinajstić information content (AvgIpc) is 2.48. The smallest absolute Gasteiger partial charge is 0.171 e. The average molecular weight is 333 g/mol. The van der Waals surface area contributed by atoms with E-state index >= 15 is 0 Å². The van der Waals surface area contributed by atoms with E-state index < -0.39 is 0 Å². The van der Waals surface area contributed by atoms with Crippen molar-refractivity contribution >= 4 is 34.6 Å². The number of hydrogen-bond donors (Lipinski definition) is 2. The van der Waals surface area contributed by atoms with Crippen molar-refractivity contribution in [2.45, 2.75) is 26.8 Å². The van der Waals surface area contributed by atoms with E-state index in [-0.39, 0.29) is 6.04 Å². The van der Waals surface area contributed by atoms with Gasteiger partial charge in [-0.2, -0.15) is 0 Å². The van der Waals surface area contributed by atoms with Gasteiger partial charge in [0, 0.05) is 0 Å². The van der Waals surface area contributed by atoms with Crippen LogP contribution in [-0.2, 0) is 0 Å². The third kappa shape index (κ3) is 4.21. The predicted molar refractivity (Wildman–Crippen MR) is 99.6 cm³/mol. The van der Waals surface area contributed by atoms with E-state index in [9.17, 15) is 0 Å². The summed E-state index contributed by atoms with van der Waals surface area (Å²) in [6.45, 7) is 6.49. The van der Waals surface area contributed by atoms with Crippen LogP contribution < -0.4 is 10.6 Å². The van der Waals surface area contributed by atoms with Gasteiger partial charge in [0.25, 0.3) is 0 Å². The minimum absolute atomic E-state index is 0.156. The number of rotatable bonds is 4. The van der Waals surface area contributed by atoms with Crippen molar-refractivity contribution in [2.75, 3.05) is 5.32 Å². The number of para-hydroxylation sites is 1. The van der Waals surface area contributed by atoms with Crippen LogP contribution in [0.4, 0.5) is 5.69 Å². The Balaban J connectivity index is 2.14. The van der Waals surface area contributed by atoms with Gasteiger partial charge in [0.05, 0.1) is 16.8 Å². The highest BCUT2D eigenvalue weighted by Gasteiger charge is 2.18. The molecule has 22 heavy (non-hydrogen) atoms. The Morgan fingerprint density at radius 2 is 1.68 bits per heavy atom. The summed E-state index contributed by atoms with van der Waals surface area (Å²) in [7, 11) is 0. The molecule has 0 spiro atoms. The molecule has 2 nitrogen and oxygen atoms in total. The monoisotopic (exact) mass is 332 g/mol. The van der Waals surface area contributed by atoms with Gasteiger partial charge in [-0.25, -0.2) is 0 Å². The van der Waals surface area contributed by atoms with Crippen LogP contribution in [0, 0.1) is 12.8 Å². The molecule has 0 unspecified atom stereocenters. The molecule has 0 fully saturated rings. The van der Waals surface area contributed by atoms with E-state index in [1.165, 1.54) is 11.1 Å². The fraction of sp³-hybridized carbons (Fsp3) is 0.278. The van der Waals surface area contributed by atoms with Crippen LogP contribution >= 0.6 is 23.8 Å². The van der Waals surface area contributed by atoms with Gasteiger partial charge in [0.15, 0.2) is 5.11 Å². The molecule has 0 saturated carbocycles. The largest absolute Gasteiger partial charge is 0.355 e. The molecule has 0 aliphatic heterocycles. The third-order valence-corrected chi connectivity index (χ3v) is 4.15. The molecule has 0 heterocycles.